The number of ether oxygens (including phenoxy) is 1. The first kappa shape index (κ1) is 17.7. The van der Waals surface area contributed by atoms with Crippen molar-refractivity contribution < 1.29 is 9.53 Å². The molecule has 0 amide bonds. The average molecular weight is 373 g/mol. The third-order valence-electron chi connectivity index (χ3n) is 4.75. The fourth-order valence-electron chi connectivity index (χ4n) is 3.20. The molecule has 0 spiro atoms. The number of hydrogen-bond donors (Lipinski definition) is 0. The second kappa shape index (κ2) is 6.81. The number of methoxy groups -OCH3 is 1. The number of aromatic nitrogens is 3. The lowest BCUT2D eigenvalue weighted by molar-refractivity contribution is 0.0600. The maximum Gasteiger partial charge on any atom is 0.341 e. The minimum Gasteiger partial charge on any atom is -0.465 e. The van der Waals surface area contributed by atoms with Gasteiger partial charge in [-0.15, -0.1) is 0 Å². The van der Waals surface area contributed by atoms with Crippen LogP contribution in [0.4, 0.5) is 0 Å². The van der Waals surface area contributed by atoms with Crippen molar-refractivity contribution in [1.29, 1.82) is 0 Å². The first-order valence-corrected chi connectivity index (χ1v) is 8.86. The number of hydrogen-bond acceptors (Lipinski definition) is 4. The lowest BCUT2D eigenvalue weighted by Gasteiger charge is -2.11. The Morgan fingerprint density at radius 3 is 2.39 bits per heavy atom. The zero-order chi connectivity index (χ0) is 19.8. The lowest BCUT2D eigenvalue weighted by atomic mass is 10.1. The van der Waals surface area contributed by atoms with Crippen LogP contribution in [0.2, 0.25) is 0 Å². The third kappa shape index (κ3) is 2.89. The van der Waals surface area contributed by atoms with E-state index < -0.39 is 5.97 Å². The van der Waals surface area contributed by atoms with Crippen molar-refractivity contribution >= 4 is 5.97 Å². The van der Waals surface area contributed by atoms with E-state index in [4.69, 9.17) is 4.74 Å². The fourth-order valence-corrected chi connectivity index (χ4v) is 3.20. The Morgan fingerprint density at radius 1 is 1.00 bits per heavy atom. The van der Waals surface area contributed by atoms with Crippen molar-refractivity contribution in [3.8, 4) is 22.6 Å². The van der Waals surface area contributed by atoms with Crippen LogP contribution in [0.25, 0.3) is 22.6 Å². The van der Waals surface area contributed by atoms with Crippen molar-refractivity contribution in [2.24, 2.45) is 0 Å². The van der Waals surface area contributed by atoms with E-state index in [0.717, 1.165) is 16.8 Å². The number of esters is 1. The van der Waals surface area contributed by atoms with Gasteiger partial charge in [-0.25, -0.2) is 4.79 Å². The molecule has 140 valence electrons. The number of carbonyl (C=O) groups is 1. The summed E-state index contributed by atoms with van der Waals surface area (Å²) >= 11 is 0. The van der Waals surface area contributed by atoms with E-state index in [1.54, 1.807) is 17.0 Å². The van der Waals surface area contributed by atoms with Crippen molar-refractivity contribution in [3.05, 3.63) is 88.0 Å². The zero-order valence-electron chi connectivity index (χ0n) is 15.8. The van der Waals surface area contributed by atoms with Gasteiger partial charge in [0.25, 0.3) is 5.56 Å². The van der Waals surface area contributed by atoms with Gasteiger partial charge in [0.2, 0.25) is 0 Å². The van der Waals surface area contributed by atoms with Crippen LogP contribution in [0, 0.1) is 13.8 Å². The summed E-state index contributed by atoms with van der Waals surface area (Å²) in [5.41, 5.74) is 4.19. The standard InChI is InChI=1S/C22H19N3O3/c1-14-8-10-16(11-9-14)24-12-17-20(18(13-24)22(27)28-3)23-25(21(17)26)19-7-5-4-6-15(19)2/h4-13H,1-3H3. The minimum absolute atomic E-state index is 0.241. The van der Waals surface area contributed by atoms with Gasteiger partial charge < -0.3 is 9.30 Å². The summed E-state index contributed by atoms with van der Waals surface area (Å²) in [6.45, 7) is 3.91. The molecule has 0 bridgehead atoms. The molecule has 2 heterocycles. The molecule has 6 heteroatoms. The highest BCUT2D eigenvalue weighted by Crippen LogP contribution is 2.25. The molecule has 2 aliphatic rings. The quantitative estimate of drug-likeness (QED) is 0.515. The maximum absolute atomic E-state index is 13.1. The molecule has 2 aromatic carbocycles. The topological polar surface area (TPSA) is 66.1 Å². The second-order valence-corrected chi connectivity index (χ2v) is 6.67. The monoisotopic (exact) mass is 373 g/mol. The highest BCUT2D eigenvalue weighted by atomic mass is 16.5. The van der Waals surface area contributed by atoms with Crippen LogP contribution in [-0.4, -0.2) is 27.4 Å². The largest absolute Gasteiger partial charge is 0.465 e. The Hall–Kier alpha value is -3.67. The molecule has 0 radical (unpaired) electrons. The van der Waals surface area contributed by atoms with Gasteiger partial charge >= 0.3 is 5.97 Å². The number of pyridine rings is 1. The van der Waals surface area contributed by atoms with E-state index in [-0.39, 0.29) is 11.1 Å². The van der Waals surface area contributed by atoms with Crippen LogP contribution >= 0.6 is 0 Å². The molecule has 0 N–H and O–H groups in total. The number of nitrogens with zero attached hydrogens (tertiary/aromatic N) is 3. The molecule has 0 fully saturated rings. The minimum atomic E-state index is -0.541. The normalized spacial score (nSPS) is 11.0. The van der Waals surface area contributed by atoms with E-state index in [2.05, 4.69) is 5.10 Å². The number of carbonyl (C=O) groups excluding carboxylic acids is 1. The van der Waals surface area contributed by atoms with E-state index >= 15 is 0 Å². The van der Waals surface area contributed by atoms with Gasteiger partial charge in [0.05, 0.1) is 18.4 Å². The van der Waals surface area contributed by atoms with Gasteiger partial charge in [-0.2, -0.15) is 9.78 Å². The number of aryl methyl sites for hydroxylation is 2. The van der Waals surface area contributed by atoms with Crippen molar-refractivity contribution in [2.45, 2.75) is 13.8 Å². The summed E-state index contributed by atoms with van der Waals surface area (Å²) in [4.78, 5) is 25.5. The van der Waals surface area contributed by atoms with Crippen molar-refractivity contribution in [3.63, 3.8) is 0 Å². The van der Waals surface area contributed by atoms with Gasteiger partial charge in [0.15, 0.2) is 0 Å². The smallest absolute Gasteiger partial charge is 0.341 e. The highest BCUT2D eigenvalue weighted by Gasteiger charge is 2.25. The Labute approximate surface area is 162 Å². The van der Waals surface area contributed by atoms with Crippen LogP contribution in [-0.2, 0) is 4.74 Å². The van der Waals surface area contributed by atoms with Crippen LogP contribution < -0.4 is 5.56 Å². The number of fused-ring (bicyclic) bond motifs is 1. The van der Waals surface area contributed by atoms with Gasteiger partial charge in [-0.3, -0.25) is 4.79 Å². The van der Waals surface area contributed by atoms with E-state index in [1.807, 2.05) is 62.4 Å². The predicted octanol–water partition coefficient (Wildman–Crippen LogP) is 3.53. The second-order valence-electron chi connectivity index (χ2n) is 6.67. The molecule has 0 saturated heterocycles. The summed E-state index contributed by atoms with van der Waals surface area (Å²) in [5.74, 6) is -0.541. The van der Waals surface area contributed by atoms with Gasteiger partial charge in [-0.05, 0) is 37.6 Å². The summed E-state index contributed by atoms with van der Waals surface area (Å²) in [6, 6.07) is 15.3. The van der Waals surface area contributed by atoms with E-state index in [1.165, 1.54) is 11.8 Å². The van der Waals surface area contributed by atoms with Crippen LogP contribution in [0.3, 0.4) is 0 Å². The first-order valence-electron chi connectivity index (χ1n) is 8.86. The number of benzene rings is 2. The summed E-state index contributed by atoms with van der Waals surface area (Å²) in [7, 11) is 1.31. The average Bonchev–Trinajstić information content (AvgIpc) is 3.04. The zero-order valence-corrected chi connectivity index (χ0v) is 15.8. The summed E-state index contributed by atoms with van der Waals surface area (Å²) < 4.78 is 8.02. The Bertz CT molecular complexity index is 1200. The fraction of sp³-hybridized carbons (Fsp3) is 0.136. The third-order valence-corrected chi connectivity index (χ3v) is 4.75. The number of para-hydroxylation sites is 1. The molecule has 28 heavy (non-hydrogen) atoms. The van der Waals surface area contributed by atoms with Gasteiger partial charge in [0, 0.05) is 18.1 Å². The van der Waals surface area contributed by atoms with E-state index in [0.29, 0.717) is 16.9 Å². The summed E-state index contributed by atoms with van der Waals surface area (Å²) in [5, 5.41) is 4.45. The molecule has 2 aliphatic heterocycles. The van der Waals surface area contributed by atoms with Crippen LogP contribution in [0.1, 0.15) is 21.5 Å². The molecule has 6 nitrogen and oxygen atoms in total. The molecule has 2 aromatic rings. The maximum atomic E-state index is 13.1. The van der Waals surface area contributed by atoms with E-state index in [9.17, 15) is 9.59 Å². The molecule has 0 unspecified atom stereocenters. The Morgan fingerprint density at radius 2 is 1.71 bits per heavy atom. The Kier molecular flexibility index (Phi) is 4.31. The molecule has 0 saturated carbocycles. The van der Waals surface area contributed by atoms with Crippen LogP contribution in [0.15, 0.2) is 65.7 Å². The summed E-state index contributed by atoms with van der Waals surface area (Å²) in [6.07, 6.45) is 3.35. The number of rotatable bonds is 3. The highest BCUT2D eigenvalue weighted by molar-refractivity contribution is 5.96. The first-order chi connectivity index (χ1) is 13.5. The Balaban J connectivity index is 2.01. The predicted molar refractivity (Wildman–Crippen MR) is 107 cm³/mol. The lowest BCUT2D eigenvalue weighted by Crippen LogP contribution is -2.16. The molecule has 0 atom stereocenters. The van der Waals surface area contributed by atoms with Crippen molar-refractivity contribution in [1.82, 2.24) is 14.3 Å². The molecule has 4 rings (SSSR count). The molecule has 0 aromatic heterocycles. The van der Waals surface area contributed by atoms with Gasteiger partial charge in [0.1, 0.15) is 11.3 Å². The SMILES string of the molecule is COC(=O)c1cn(-c2ccc(C)cc2)cc2c(=O)n(-c3ccccc3C)nc1-2. The van der Waals surface area contributed by atoms with Crippen LogP contribution in [0.5, 0.6) is 0 Å². The molecule has 0 aliphatic carbocycles. The molecular formula is C22H19N3O3. The molecular weight excluding hydrogens is 354 g/mol. The van der Waals surface area contributed by atoms with Gasteiger partial charge in [-0.1, -0.05) is 35.9 Å². The van der Waals surface area contributed by atoms with Crippen molar-refractivity contribution in [2.75, 3.05) is 7.11 Å².